The highest BCUT2D eigenvalue weighted by atomic mass is 35.5. The van der Waals surface area contributed by atoms with Gasteiger partial charge >= 0.3 is 11.9 Å². The lowest BCUT2D eigenvalue weighted by atomic mass is 9.94. The fourth-order valence-electron chi connectivity index (χ4n) is 4.23. The molecule has 0 aliphatic carbocycles. The highest BCUT2D eigenvalue weighted by Crippen LogP contribution is 2.36. The van der Waals surface area contributed by atoms with Gasteiger partial charge < -0.3 is 25.0 Å². The minimum absolute atomic E-state index is 0.0254. The molecule has 0 saturated carbocycles. The lowest BCUT2D eigenvalue weighted by molar-refractivity contribution is -0.188. The molecule has 2 aromatic heterocycles. The van der Waals surface area contributed by atoms with Gasteiger partial charge in [-0.1, -0.05) is 30.3 Å². The summed E-state index contributed by atoms with van der Waals surface area (Å²) in [4.78, 5) is 37.2. The Balaban J connectivity index is 1.57. The van der Waals surface area contributed by atoms with Crippen LogP contribution in [0.4, 0.5) is 5.82 Å². The Morgan fingerprint density at radius 3 is 2.62 bits per heavy atom. The van der Waals surface area contributed by atoms with Crippen LogP contribution in [-0.2, 0) is 25.5 Å². The highest BCUT2D eigenvalue weighted by Gasteiger charge is 2.50. The van der Waals surface area contributed by atoms with Gasteiger partial charge in [-0.15, -0.1) is 12.3 Å². The highest BCUT2D eigenvalue weighted by molar-refractivity contribution is 6.28. The van der Waals surface area contributed by atoms with Gasteiger partial charge in [-0.2, -0.15) is 9.97 Å². The van der Waals surface area contributed by atoms with Gasteiger partial charge in [-0.05, 0) is 31.0 Å². The molecular formula is C25H26ClN5O6. The summed E-state index contributed by atoms with van der Waals surface area (Å²) in [6.07, 6.45) is 5.86. The lowest BCUT2D eigenvalue weighted by Gasteiger charge is -2.27. The largest absolute Gasteiger partial charge is 0.479 e. The van der Waals surface area contributed by atoms with E-state index in [0.717, 1.165) is 0 Å². The van der Waals surface area contributed by atoms with E-state index < -0.39 is 35.8 Å². The van der Waals surface area contributed by atoms with E-state index in [0.29, 0.717) is 29.0 Å². The third kappa shape index (κ3) is 5.36. The van der Waals surface area contributed by atoms with E-state index in [1.54, 1.807) is 34.9 Å². The van der Waals surface area contributed by atoms with E-state index >= 15 is 0 Å². The molecular weight excluding hydrogens is 502 g/mol. The number of ether oxygens (including phenoxy) is 2. The second-order valence-corrected chi connectivity index (χ2v) is 9.35. The first-order chi connectivity index (χ1) is 17.6. The minimum Gasteiger partial charge on any atom is -0.479 e. The molecule has 12 heteroatoms. The smallest absolute Gasteiger partial charge is 0.348 e. The summed E-state index contributed by atoms with van der Waals surface area (Å²) in [7, 11) is 0. The minimum atomic E-state index is -2.51. The van der Waals surface area contributed by atoms with Gasteiger partial charge in [0, 0.05) is 18.9 Å². The molecule has 0 amide bonds. The fraction of sp³-hybridized carbons (Fsp3) is 0.400. The maximum atomic E-state index is 12.1. The van der Waals surface area contributed by atoms with Gasteiger partial charge in [-0.25, -0.2) is 14.6 Å². The van der Waals surface area contributed by atoms with Crippen molar-refractivity contribution in [3.8, 4) is 12.3 Å². The molecule has 1 aliphatic rings. The number of carboxylic acids is 2. The van der Waals surface area contributed by atoms with Crippen LogP contribution in [0.5, 0.6) is 0 Å². The summed E-state index contributed by atoms with van der Waals surface area (Å²) in [5.41, 5.74) is -1.09. The lowest BCUT2D eigenvalue weighted by Crippen LogP contribution is -2.52. The van der Waals surface area contributed by atoms with Crippen LogP contribution in [0.1, 0.15) is 32.1 Å². The van der Waals surface area contributed by atoms with Crippen molar-refractivity contribution in [1.82, 2.24) is 19.5 Å². The molecule has 1 aliphatic heterocycles. The van der Waals surface area contributed by atoms with E-state index in [9.17, 15) is 19.8 Å². The number of carbonyl (C=O) groups is 2. The van der Waals surface area contributed by atoms with Crippen molar-refractivity contribution >= 4 is 40.5 Å². The summed E-state index contributed by atoms with van der Waals surface area (Å²) in [6, 6.07) is 8.48. The number of aliphatic carboxylic acids is 2. The van der Waals surface area contributed by atoms with Crippen LogP contribution in [0.2, 0.25) is 5.28 Å². The van der Waals surface area contributed by atoms with Crippen LogP contribution in [0.25, 0.3) is 11.2 Å². The van der Waals surface area contributed by atoms with E-state index in [-0.39, 0.29) is 24.4 Å². The maximum Gasteiger partial charge on any atom is 0.348 e. The molecule has 3 N–H and O–H groups in total. The standard InChI is InChI=1S/C25H26ClN5O6/c1-4-16-10-18(31-13-27-19-20(28-14(2)3)29-24(26)30-21(19)31)37-17(16)12-36-25(22(32)33,23(34)35)11-15-8-6-5-7-9-15/h1,5-9,13-14,16-18H,10-12H2,2-3H3,(H,32,33)(H,34,35)(H,28,29,30). The Morgan fingerprint density at radius 2 is 2.00 bits per heavy atom. The van der Waals surface area contributed by atoms with Crippen LogP contribution in [0.15, 0.2) is 36.7 Å². The molecule has 0 radical (unpaired) electrons. The summed E-state index contributed by atoms with van der Waals surface area (Å²) in [6.45, 7) is 3.56. The Morgan fingerprint density at radius 1 is 1.30 bits per heavy atom. The predicted molar refractivity (Wildman–Crippen MR) is 134 cm³/mol. The molecule has 11 nitrogen and oxygen atoms in total. The first-order valence-corrected chi connectivity index (χ1v) is 11.9. The average Bonchev–Trinajstić information content (AvgIpc) is 3.45. The number of aromatic nitrogens is 4. The molecule has 3 aromatic rings. The number of benzene rings is 1. The Labute approximate surface area is 217 Å². The Bertz CT molecular complexity index is 1320. The number of nitrogens with one attached hydrogen (secondary N) is 1. The molecule has 1 fully saturated rings. The number of terminal acetylenes is 1. The molecule has 0 bridgehead atoms. The van der Waals surface area contributed by atoms with Crippen LogP contribution in [-0.4, -0.2) is 66.0 Å². The Kier molecular flexibility index (Phi) is 7.63. The third-order valence-electron chi connectivity index (χ3n) is 6.06. The summed E-state index contributed by atoms with van der Waals surface area (Å²) >= 11 is 6.15. The summed E-state index contributed by atoms with van der Waals surface area (Å²) in [5.74, 6) is -0.599. The number of carboxylic acid groups (broad SMARTS) is 2. The number of hydrogen-bond acceptors (Lipinski definition) is 8. The number of imidazole rings is 1. The topological polar surface area (TPSA) is 149 Å². The van der Waals surface area contributed by atoms with Crippen LogP contribution in [0, 0.1) is 18.3 Å². The van der Waals surface area contributed by atoms with Crippen molar-refractivity contribution in [2.45, 2.75) is 50.7 Å². The Hall–Kier alpha value is -3.72. The normalized spacial score (nSPS) is 19.7. The molecule has 1 saturated heterocycles. The van der Waals surface area contributed by atoms with Crippen molar-refractivity contribution in [3.63, 3.8) is 0 Å². The van der Waals surface area contributed by atoms with Gasteiger partial charge in [0.15, 0.2) is 17.0 Å². The molecule has 0 spiro atoms. The fourth-order valence-corrected chi connectivity index (χ4v) is 4.40. The van der Waals surface area contributed by atoms with Gasteiger partial charge in [0.25, 0.3) is 5.60 Å². The number of halogens is 1. The summed E-state index contributed by atoms with van der Waals surface area (Å²) < 4.78 is 13.4. The van der Waals surface area contributed by atoms with Crippen LogP contribution in [0.3, 0.4) is 0 Å². The zero-order valence-corrected chi connectivity index (χ0v) is 20.9. The molecule has 3 unspecified atom stereocenters. The van der Waals surface area contributed by atoms with Crippen LogP contribution < -0.4 is 5.32 Å². The van der Waals surface area contributed by atoms with Gasteiger partial charge in [0.2, 0.25) is 5.28 Å². The van der Waals surface area contributed by atoms with Gasteiger partial charge in [0.1, 0.15) is 6.23 Å². The van der Waals surface area contributed by atoms with E-state index in [4.69, 9.17) is 27.5 Å². The van der Waals surface area contributed by atoms with E-state index in [1.807, 2.05) is 13.8 Å². The monoisotopic (exact) mass is 527 g/mol. The number of fused-ring (bicyclic) bond motifs is 1. The molecule has 3 atom stereocenters. The van der Waals surface area contributed by atoms with Crippen molar-refractivity contribution in [1.29, 1.82) is 0 Å². The molecule has 3 heterocycles. The third-order valence-corrected chi connectivity index (χ3v) is 6.23. The number of rotatable bonds is 10. The quantitative estimate of drug-likeness (QED) is 0.204. The van der Waals surface area contributed by atoms with Crippen molar-refractivity contribution in [2.75, 3.05) is 11.9 Å². The average molecular weight is 528 g/mol. The molecule has 194 valence electrons. The van der Waals surface area contributed by atoms with Crippen molar-refractivity contribution < 1.29 is 29.3 Å². The molecule has 4 rings (SSSR count). The van der Waals surface area contributed by atoms with Gasteiger partial charge in [-0.3, -0.25) is 4.57 Å². The first kappa shape index (κ1) is 26.3. The first-order valence-electron chi connectivity index (χ1n) is 11.6. The summed E-state index contributed by atoms with van der Waals surface area (Å²) in [5, 5.41) is 22.9. The molecule has 37 heavy (non-hydrogen) atoms. The second kappa shape index (κ2) is 10.7. The zero-order chi connectivity index (χ0) is 26.7. The van der Waals surface area contributed by atoms with Crippen molar-refractivity contribution in [3.05, 3.63) is 47.5 Å². The SMILES string of the molecule is C#CC1CC(n2cnc3c(NC(C)C)nc(Cl)nc32)OC1COC(Cc1ccccc1)(C(=O)O)C(=O)O. The number of nitrogens with zero attached hydrogens (tertiary/aromatic N) is 4. The molecule has 1 aromatic carbocycles. The van der Waals surface area contributed by atoms with Crippen molar-refractivity contribution in [2.24, 2.45) is 5.92 Å². The number of anilines is 1. The second-order valence-electron chi connectivity index (χ2n) is 9.01. The maximum absolute atomic E-state index is 12.1. The van der Waals surface area contributed by atoms with Crippen LogP contribution >= 0.6 is 11.6 Å². The number of hydrogen-bond donors (Lipinski definition) is 3. The van der Waals surface area contributed by atoms with E-state index in [1.165, 1.54) is 6.33 Å². The zero-order valence-electron chi connectivity index (χ0n) is 20.2. The predicted octanol–water partition coefficient (Wildman–Crippen LogP) is 3.00. The van der Waals surface area contributed by atoms with Gasteiger partial charge in [0.05, 0.1) is 25.0 Å². The van der Waals surface area contributed by atoms with E-state index in [2.05, 4.69) is 26.2 Å².